The molecule has 0 atom stereocenters. The van der Waals surface area contributed by atoms with Crippen LogP contribution < -0.4 is 5.32 Å². The normalized spacial score (nSPS) is 11.0. The summed E-state index contributed by atoms with van der Waals surface area (Å²) in [6.07, 6.45) is -4.52. The Labute approximate surface area is 128 Å². The number of hydrogen-bond donors (Lipinski definition) is 1. The number of rotatable bonds is 3. The monoisotopic (exact) mass is 354 g/mol. The molecule has 0 unspecified atom stereocenters. The SMILES string of the molecule is N#Cc1cc(NCc2cccc(Br)c2)ccc1C(F)(F)F. The van der Waals surface area contributed by atoms with Gasteiger partial charge in [0.2, 0.25) is 0 Å². The fraction of sp³-hybridized carbons (Fsp3) is 0.133. The summed E-state index contributed by atoms with van der Waals surface area (Å²) in [5.74, 6) is 0. The van der Waals surface area contributed by atoms with Crippen LogP contribution in [-0.4, -0.2) is 0 Å². The highest BCUT2D eigenvalue weighted by Crippen LogP contribution is 2.33. The summed E-state index contributed by atoms with van der Waals surface area (Å²) in [7, 11) is 0. The predicted octanol–water partition coefficient (Wildman–Crippen LogP) is 4.95. The van der Waals surface area contributed by atoms with Crippen molar-refractivity contribution in [3.05, 3.63) is 63.6 Å². The van der Waals surface area contributed by atoms with Gasteiger partial charge < -0.3 is 5.32 Å². The molecule has 0 saturated heterocycles. The van der Waals surface area contributed by atoms with Crippen LogP contribution in [0.3, 0.4) is 0 Å². The van der Waals surface area contributed by atoms with E-state index in [9.17, 15) is 13.2 Å². The number of anilines is 1. The summed E-state index contributed by atoms with van der Waals surface area (Å²) < 4.78 is 39.0. The van der Waals surface area contributed by atoms with E-state index in [0.29, 0.717) is 12.2 Å². The third kappa shape index (κ3) is 3.99. The van der Waals surface area contributed by atoms with Crippen LogP contribution in [0, 0.1) is 11.3 Å². The molecule has 2 rings (SSSR count). The maximum atomic E-state index is 12.7. The van der Waals surface area contributed by atoms with Gasteiger partial charge in [0.1, 0.15) is 0 Å². The van der Waals surface area contributed by atoms with Crippen molar-refractivity contribution >= 4 is 21.6 Å². The third-order valence-electron chi connectivity index (χ3n) is 2.83. The Kier molecular flexibility index (Phi) is 4.53. The van der Waals surface area contributed by atoms with Crippen LogP contribution in [0.4, 0.5) is 18.9 Å². The Morgan fingerprint density at radius 3 is 2.52 bits per heavy atom. The molecular formula is C15H10BrF3N2. The molecule has 2 nitrogen and oxygen atoms in total. The van der Waals surface area contributed by atoms with Gasteiger partial charge in [-0.05, 0) is 35.9 Å². The number of nitriles is 1. The molecule has 6 heteroatoms. The van der Waals surface area contributed by atoms with Crippen LogP contribution in [0.2, 0.25) is 0 Å². The fourth-order valence-electron chi connectivity index (χ4n) is 1.84. The number of nitrogens with one attached hydrogen (secondary N) is 1. The van der Waals surface area contributed by atoms with Crippen molar-refractivity contribution in [3.63, 3.8) is 0 Å². The van der Waals surface area contributed by atoms with E-state index in [0.717, 1.165) is 16.1 Å². The standard InChI is InChI=1S/C15H10BrF3N2/c16-12-3-1-2-10(6-12)9-21-13-4-5-14(15(17,18)19)11(7-13)8-20/h1-7,21H,9H2. The first kappa shape index (κ1) is 15.4. The number of halogens is 4. The molecular weight excluding hydrogens is 345 g/mol. The molecule has 21 heavy (non-hydrogen) atoms. The largest absolute Gasteiger partial charge is 0.417 e. The fourth-order valence-corrected chi connectivity index (χ4v) is 2.29. The van der Waals surface area contributed by atoms with Crippen LogP contribution >= 0.6 is 15.9 Å². The lowest BCUT2D eigenvalue weighted by Gasteiger charge is -2.11. The molecule has 0 aliphatic carbocycles. The van der Waals surface area contributed by atoms with Gasteiger partial charge in [-0.15, -0.1) is 0 Å². The van der Waals surface area contributed by atoms with Crippen molar-refractivity contribution in [2.24, 2.45) is 0 Å². The molecule has 0 aliphatic heterocycles. The highest BCUT2D eigenvalue weighted by molar-refractivity contribution is 9.10. The van der Waals surface area contributed by atoms with Crippen LogP contribution in [0.5, 0.6) is 0 Å². The molecule has 0 radical (unpaired) electrons. The molecule has 2 aromatic carbocycles. The molecule has 0 aromatic heterocycles. The molecule has 0 amide bonds. The van der Waals surface area contributed by atoms with Gasteiger partial charge in [-0.1, -0.05) is 28.1 Å². The summed E-state index contributed by atoms with van der Waals surface area (Å²) in [4.78, 5) is 0. The van der Waals surface area contributed by atoms with E-state index in [1.54, 1.807) is 6.07 Å². The average Bonchev–Trinajstić information content (AvgIpc) is 2.44. The maximum Gasteiger partial charge on any atom is 0.417 e. The first-order chi connectivity index (χ1) is 9.90. The first-order valence-corrected chi connectivity index (χ1v) is 6.79. The van der Waals surface area contributed by atoms with E-state index in [-0.39, 0.29) is 5.56 Å². The van der Waals surface area contributed by atoms with E-state index in [1.807, 2.05) is 24.3 Å². The zero-order valence-electron chi connectivity index (χ0n) is 10.7. The topological polar surface area (TPSA) is 35.8 Å². The molecule has 0 heterocycles. The quantitative estimate of drug-likeness (QED) is 0.846. The van der Waals surface area contributed by atoms with Crippen molar-refractivity contribution in [2.45, 2.75) is 12.7 Å². The third-order valence-corrected chi connectivity index (χ3v) is 3.32. The molecule has 0 aliphatic rings. The van der Waals surface area contributed by atoms with Crippen molar-refractivity contribution in [2.75, 3.05) is 5.32 Å². The van der Waals surface area contributed by atoms with Crippen molar-refractivity contribution in [1.29, 1.82) is 5.26 Å². The smallest absolute Gasteiger partial charge is 0.381 e. The summed E-state index contributed by atoms with van der Waals surface area (Å²) >= 11 is 3.35. The Bertz CT molecular complexity index is 690. The number of nitrogens with zero attached hydrogens (tertiary/aromatic N) is 1. The van der Waals surface area contributed by atoms with Gasteiger partial charge in [0.15, 0.2) is 0 Å². The Balaban J connectivity index is 2.17. The lowest BCUT2D eigenvalue weighted by atomic mass is 10.1. The Hall–Kier alpha value is -2.00. The lowest BCUT2D eigenvalue weighted by Crippen LogP contribution is -2.08. The average molecular weight is 355 g/mol. The van der Waals surface area contributed by atoms with E-state index >= 15 is 0 Å². The van der Waals surface area contributed by atoms with Crippen LogP contribution in [0.25, 0.3) is 0 Å². The number of alkyl halides is 3. The second-order valence-electron chi connectivity index (χ2n) is 4.35. The van der Waals surface area contributed by atoms with E-state index in [2.05, 4.69) is 21.2 Å². The molecule has 1 N–H and O–H groups in total. The molecule has 0 saturated carbocycles. The van der Waals surface area contributed by atoms with Gasteiger partial charge in [0.25, 0.3) is 0 Å². The summed E-state index contributed by atoms with van der Waals surface area (Å²) in [6, 6.07) is 12.6. The number of hydrogen-bond acceptors (Lipinski definition) is 2. The van der Waals surface area contributed by atoms with Gasteiger partial charge in [0, 0.05) is 16.7 Å². The first-order valence-electron chi connectivity index (χ1n) is 6.00. The molecule has 0 fully saturated rings. The lowest BCUT2D eigenvalue weighted by molar-refractivity contribution is -0.137. The molecule has 0 spiro atoms. The maximum absolute atomic E-state index is 12.7. The van der Waals surface area contributed by atoms with E-state index < -0.39 is 11.7 Å². The second-order valence-corrected chi connectivity index (χ2v) is 5.27. The van der Waals surface area contributed by atoms with Gasteiger partial charge in [-0.25, -0.2) is 0 Å². The van der Waals surface area contributed by atoms with Crippen LogP contribution in [0.15, 0.2) is 46.9 Å². The van der Waals surface area contributed by atoms with Gasteiger partial charge in [-0.2, -0.15) is 18.4 Å². The predicted molar refractivity (Wildman–Crippen MR) is 77.6 cm³/mol. The second kappa shape index (κ2) is 6.19. The zero-order chi connectivity index (χ0) is 15.5. The minimum absolute atomic E-state index is 0.387. The summed E-state index contributed by atoms with van der Waals surface area (Å²) in [5.41, 5.74) is 0.141. The van der Waals surface area contributed by atoms with Crippen LogP contribution in [0.1, 0.15) is 16.7 Å². The molecule has 108 valence electrons. The minimum atomic E-state index is -4.52. The van der Waals surface area contributed by atoms with E-state index in [4.69, 9.17) is 5.26 Å². The Morgan fingerprint density at radius 2 is 1.90 bits per heavy atom. The van der Waals surface area contributed by atoms with Crippen LogP contribution in [-0.2, 0) is 12.7 Å². The van der Waals surface area contributed by atoms with Gasteiger partial charge in [-0.3, -0.25) is 0 Å². The number of benzene rings is 2. The summed E-state index contributed by atoms with van der Waals surface area (Å²) in [6.45, 7) is 0.454. The van der Waals surface area contributed by atoms with Gasteiger partial charge >= 0.3 is 6.18 Å². The van der Waals surface area contributed by atoms with Gasteiger partial charge in [0.05, 0.1) is 17.2 Å². The molecule has 2 aromatic rings. The van der Waals surface area contributed by atoms with Crippen molar-refractivity contribution in [1.82, 2.24) is 0 Å². The summed E-state index contributed by atoms with van der Waals surface area (Å²) in [5, 5.41) is 11.8. The highest BCUT2D eigenvalue weighted by atomic mass is 79.9. The highest BCUT2D eigenvalue weighted by Gasteiger charge is 2.33. The van der Waals surface area contributed by atoms with Crippen molar-refractivity contribution < 1.29 is 13.2 Å². The molecule has 0 bridgehead atoms. The minimum Gasteiger partial charge on any atom is -0.381 e. The van der Waals surface area contributed by atoms with Crippen molar-refractivity contribution in [3.8, 4) is 6.07 Å². The zero-order valence-corrected chi connectivity index (χ0v) is 12.3. The van der Waals surface area contributed by atoms with E-state index in [1.165, 1.54) is 12.1 Å². The Morgan fingerprint density at radius 1 is 1.14 bits per heavy atom.